The van der Waals surface area contributed by atoms with Crippen LogP contribution in [-0.4, -0.2) is 30.6 Å². The first-order chi connectivity index (χ1) is 9.75. The topological polar surface area (TPSA) is 28.4 Å². The number of rotatable bonds is 5. The maximum absolute atomic E-state index is 6.19. The van der Waals surface area contributed by atoms with Crippen molar-refractivity contribution >= 4 is 22.6 Å². The Morgan fingerprint density at radius 1 is 1.30 bits per heavy atom. The standard InChI is InChI=1S/C16H21ClN2O/c1-12(19-8-4-5-9-19)10-18-11-14-13-6-2-3-7-15(13)20-16(14)17/h2-3,6-7,12,18H,4-5,8-11H2,1H3. The zero-order valence-corrected chi connectivity index (χ0v) is 12.6. The molecule has 1 aliphatic rings. The van der Waals surface area contributed by atoms with Gasteiger partial charge in [-0.05, 0) is 50.5 Å². The monoisotopic (exact) mass is 292 g/mol. The molecule has 0 bridgehead atoms. The lowest BCUT2D eigenvalue weighted by molar-refractivity contribution is 0.251. The molecular weight excluding hydrogens is 272 g/mol. The average Bonchev–Trinajstić information content (AvgIpc) is 3.07. The van der Waals surface area contributed by atoms with E-state index in [9.17, 15) is 0 Å². The van der Waals surface area contributed by atoms with E-state index in [4.69, 9.17) is 16.0 Å². The van der Waals surface area contributed by atoms with Gasteiger partial charge in [-0.3, -0.25) is 4.90 Å². The molecule has 0 saturated carbocycles. The van der Waals surface area contributed by atoms with Crippen LogP contribution >= 0.6 is 11.6 Å². The van der Waals surface area contributed by atoms with Gasteiger partial charge in [-0.15, -0.1) is 0 Å². The Bertz CT molecular complexity index is 575. The normalized spacial score (nSPS) is 17.9. The van der Waals surface area contributed by atoms with Gasteiger partial charge in [-0.25, -0.2) is 0 Å². The highest BCUT2D eigenvalue weighted by molar-refractivity contribution is 6.30. The summed E-state index contributed by atoms with van der Waals surface area (Å²) < 4.78 is 5.57. The fourth-order valence-electron chi connectivity index (χ4n) is 2.95. The van der Waals surface area contributed by atoms with Crippen molar-refractivity contribution in [2.75, 3.05) is 19.6 Å². The van der Waals surface area contributed by atoms with Crippen molar-refractivity contribution in [2.45, 2.75) is 32.4 Å². The zero-order valence-electron chi connectivity index (χ0n) is 11.9. The molecule has 2 heterocycles. The first kappa shape index (κ1) is 13.9. The van der Waals surface area contributed by atoms with Crippen molar-refractivity contribution in [1.29, 1.82) is 0 Å². The molecule has 0 amide bonds. The predicted molar refractivity (Wildman–Crippen MR) is 83.2 cm³/mol. The lowest BCUT2D eigenvalue weighted by Gasteiger charge is -2.23. The summed E-state index contributed by atoms with van der Waals surface area (Å²) in [5.74, 6) is 0. The molecule has 0 radical (unpaired) electrons. The van der Waals surface area contributed by atoms with Crippen molar-refractivity contribution in [3.05, 3.63) is 35.0 Å². The van der Waals surface area contributed by atoms with Gasteiger partial charge in [0.25, 0.3) is 0 Å². The van der Waals surface area contributed by atoms with Gasteiger partial charge in [0.1, 0.15) is 5.58 Å². The van der Waals surface area contributed by atoms with Gasteiger partial charge in [0.2, 0.25) is 0 Å². The van der Waals surface area contributed by atoms with E-state index in [1.165, 1.54) is 25.9 Å². The zero-order chi connectivity index (χ0) is 13.9. The van der Waals surface area contributed by atoms with Crippen LogP contribution in [0.5, 0.6) is 0 Å². The SMILES string of the molecule is CC(CNCc1c(Cl)oc2ccccc12)N1CCCC1. The molecule has 1 atom stereocenters. The van der Waals surface area contributed by atoms with Crippen LogP contribution in [0.1, 0.15) is 25.3 Å². The summed E-state index contributed by atoms with van der Waals surface area (Å²) in [5.41, 5.74) is 1.93. The van der Waals surface area contributed by atoms with Gasteiger partial charge in [0, 0.05) is 30.1 Å². The minimum atomic E-state index is 0.507. The molecule has 1 saturated heterocycles. The van der Waals surface area contributed by atoms with Crippen LogP contribution in [0.2, 0.25) is 5.22 Å². The molecule has 1 aromatic carbocycles. The van der Waals surface area contributed by atoms with E-state index in [0.29, 0.717) is 11.3 Å². The van der Waals surface area contributed by atoms with Crippen LogP contribution in [0.25, 0.3) is 11.0 Å². The van der Waals surface area contributed by atoms with E-state index in [-0.39, 0.29) is 0 Å². The Morgan fingerprint density at radius 3 is 2.85 bits per heavy atom. The highest BCUT2D eigenvalue weighted by Crippen LogP contribution is 2.29. The van der Waals surface area contributed by atoms with Crippen molar-refractivity contribution in [2.24, 2.45) is 0 Å². The minimum absolute atomic E-state index is 0.507. The fourth-order valence-corrected chi connectivity index (χ4v) is 3.20. The second-order valence-electron chi connectivity index (χ2n) is 5.57. The molecular formula is C16H21ClN2O. The maximum atomic E-state index is 6.19. The number of fused-ring (bicyclic) bond motifs is 1. The summed E-state index contributed by atoms with van der Waals surface area (Å²) in [6, 6.07) is 8.58. The predicted octanol–water partition coefficient (Wildman–Crippen LogP) is 3.66. The summed E-state index contributed by atoms with van der Waals surface area (Å²) in [7, 11) is 0. The van der Waals surface area contributed by atoms with E-state index in [0.717, 1.165) is 29.6 Å². The van der Waals surface area contributed by atoms with Gasteiger partial charge in [-0.1, -0.05) is 18.2 Å². The molecule has 0 spiro atoms. The second-order valence-corrected chi connectivity index (χ2v) is 5.92. The third kappa shape index (κ3) is 2.85. The van der Waals surface area contributed by atoms with Gasteiger partial charge in [0.15, 0.2) is 5.22 Å². The number of para-hydroxylation sites is 1. The highest BCUT2D eigenvalue weighted by atomic mass is 35.5. The second kappa shape index (κ2) is 6.17. The van der Waals surface area contributed by atoms with E-state index in [1.54, 1.807) is 0 Å². The molecule has 1 N–H and O–H groups in total. The number of furan rings is 1. The molecule has 2 aromatic rings. The minimum Gasteiger partial charge on any atom is -0.444 e. The molecule has 20 heavy (non-hydrogen) atoms. The molecule has 1 fully saturated rings. The number of benzene rings is 1. The van der Waals surface area contributed by atoms with Gasteiger partial charge >= 0.3 is 0 Å². The summed E-state index contributed by atoms with van der Waals surface area (Å²) in [4.78, 5) is 2.54. The summed E-state index contributed by atoms with van der Waals surface area (Å²) in [6.07, 6.45) is 2.67. The van der Waals surface area contributed by atoms with E-state index >= 15 is 0 Å². The molecule has 0 aliphatic carbocycles. The first-order valence-electron chi connectivity index (χ1n) is 7.36. The van der Waals surface area contributed by atoms with Gasteiger partial charge < -0.3 is 9.73 Å². The van der Waals surface area contributed by atoms with Crippen molar-refractivity contribution < 1.29 is 4.42 Å². The third-order valence-corrected chi connectivity index (χ3v) is 4.46. The summed E-state index contributed by atoms with van der Waals surface area (Å²) >= 11 is 6.19. The number of hydrogen-bond donors (Lipinski definition) is 1. The largest absolute Gasteiger partial charge is 0.444 e. The number of halogens is 1. The first-order valence-corrected chi connectivity index (χ1v) is 7.74. The molecule has 1 unspecified atom stereocenters. The van der Waals surface area contributed by atoms with Crippen LogP contribution in [0.3, 0.4) is 0 Å². The van der Waals surface area contributed by atoms with Crippen molar-refractivity contribution in [3.8, 4) is 0 Å². The molecule has 1 aliphatic heterocycles. The van der Waals surface area contributed by atoms with Crippen LogP contribution in [0.15, 0.2) is 28.7 Å². The van der Waals surface area contributed by atoms with Crippen LogP contribution in [0.4, 0.5) is 0 Å². The van der Waals surface area contributed by atoms with Gasteiger partial charge in [-0.2, -0.15) is 0 Å². The Kier molecular flexibility index (Phi) is 4.29. The molecule has 108 valence electrons. The number of hydrogen-bond acceptors (Lipinski definition) is 3. The van der Waals surface area contributed by atoms with E-state index in [1.807, 2.05) is 18.2 Å². The fraction of sp³-hybridized carbons (Fsp3) is 0.500. The van der Waals surface area contributed by atoms with Crippen LogP contribution in [0, 0.1) is 0 Å². The average molecular weight is 293 g/mol. The van der Waals surface area contributed by atoms with Gasteiger partial charge in [0.05, 0.1) is 0 Å². The molecule has 1 aromatic heterocycles. The van der Waals surface area contributed by atoms with E-state index < -0.39 is 0 Å². The van der Waals surface area contributed by atoms with Crippen molar-refractivity contribution in [3.63, 3.8) is 0 Å². The Hall–Kier alpha value is -1.03. The number of nitrogens with zero attached hydrogens (tertiary/aromatic N) is 1. The summed E-state index contributed by atoms with van der Waals surface area (Å²) in [5, 5.41) is 5.13. The quantitative estimate of drug-likeness (QED) is 0.911. The Balaban J connectivity index is 1.61. The Labute approximate surface area is 124 Å². The van der Waals surface area contributed by atoms with Crippen molar-refractivity contribution in [1.82, 2.24) is 10.2 Å². The molecule has 4 heteroatoms. The van der Waals surface area contributed by atoms with E-state index in [2.05, 4.69) is 23.2 Å². The number of likely N-dealkylation sites (tertiary alicyclic amines) is 1. The highest BCUT2D eigenvalue weighted by Gasteiger charge is 2.18. The lowest BCUT2D eigenvalue weighted by Crippen LogP contribution is -2.38. The Morgan fingerprint density at radius 2 is 2.05 bits per heavy atom. The molecule has 3 nitrogen and oxygen atoms in total. The maximum Gasteiger partial charge on any atom is 0.199 e. The number of nitrogens with one attached hydrogen (secondary N) is 1. The third-order valence-electron chi connectivity index (χ3n) is 4.15. The smallest absolute Gasteiger partial charge is 0.199 e. The van der Waals surface area contributed by atoms with Crippen LogP contribution < -0.4 is 5.32 Å². The lowest BCUT2D eigenvalue weighted by atomic mass is 10.2. The molecule has 3 rings (SSSR count). The summed E-state index contributed by atoms with van der Waals surface area (Å²) in [6.45, 7) is 6.49. The van der Waals surface area contributed by atoms with Crippen LogP contribution in [-0.2, 0) is 6.54 Å².